The van der Waals surface area contributed by atoms with Crippen LogP contribution in [0.3, 0.4) is 0 Å². The van der Waals surface area contributed by atoms with Crippen LogP contribution in [0.2, 0.25) is 5.02 Å². The lowest BCUT2D eigenvalue weighted by atomic mass is 9.94. The molecule has 1 fully saturated rings. The first-order valence-corrected chi connectivity index (χ1v) is 7.15. The van der Waals surface area contributed by atoms with Crippen LogP contribution in [-0.4, -0.2) is 18.0 Å². The van der Waals surface area contributed by atoms with Crippen LogP contribution in [0.5, 0.6) is 0 Å². The fraction of sp³-hybridized carbons (Fsp3) is 0.600. The molecule has 1 aromatic rings. The van der Waals surface area contributed by atoms with Crippen molar-refractivity contribution in [3.63, 3.8) is 0 Å². The number of benzene rings is 1. The predicted molar refractivity (Wildman–Crippen MR) is 77.8 cm³/mol. The summed E-state index contributed by atoms with van der Waals surface area (Å²) in [6, 6.07) is 6.24. The molecule has 0 amide bonds. The van der Waals surface area contributed by atoms with Gasteiger partial charge in [0.05, 0.1) is 0 Å². The minimum Gasteiger partial charge on any atom is -0.322 e. The van der Waals surface area contributed by atoms with Crippen molar-refractivity contribution in [2.24, 2.45) is 5.73 Å². The quantitative estimate of drug-likeness (QED) is 0.907. The molecule has 0 unspecified atom stereocenters. The summed E-state index contributed by atoms with van der Waals surface area (Å²) in [4.78, 5) is 2.48. The largest absolute Gasteiger partial charge is 0.322 e. The number of nitrogens with two attached hydrogens (primary N) is 1. The van der Waals surface area contributed by atoms with E-state index in [1.54, 1.807) is 0 Å². The van der Waals surface area contributed by atoms with E-state index in [1.807, 2.05) is 19.9 Å². The monoisotopic (exact) mass is 266 g/mol. The Balaban J connectivity index is 2.09. The highest BCUT2D eigenvalue weighted by atomic mass is 35.5. The lowest BCUT2D eigenvalue weighted by molar-refractivity contribution is 0.221. The van der Waals surface area contributed by atoms with Gasteiger partial charge in [-0.2, -0.15) is 0 Å². The van der Waals surface area contributed by atoms with E-state index in [0.29, 0.717) is 0 Å². The highest BCUT2D eigenvalue weighted by Crippen LogP contribution is 2.25. The summed E-state index contributed by atoms with van der Waals surface area (Å²) in [6.07, 6.45) is 3.99. The van der Waals surface area contributed by atoms with Crippen molar-refractivity contribution in [3.05, 3.63) is 34.3 Å². The van der Waals surface area contributed by atoms with E-state index in [0.717, 1.165) is 17.1 Å². The molecule has 2 nitrogen and oxygen atoms in total. The van der Waals surface area contributed by atoms with Crippen molar-refractivity contribution in [1.82, 2.24) is 4.90 Å². The van der Waals surface area contributed by atoms with Crippen molar-refractivity contribution < 1.29 is 0 Å². The summed E-state index contributed by atoms with van der Waals surface area (Å²) < 4.78 is 0. The third kappa shape index (κ3) is 3.47. The van der Waals surface area contributed by atoms with Gasteiger partial charge in [0, 0.05) is 17.1 Å². The topological polar surface area (TPSA) is 29.3 Å². The fourth-order valence-corrected chi connectivity index (χ4v) is 2.68. The Morgan fingerprint density at radius 1 is 1.22 bits per heavy atom. The maximum absolute atomic E-state index is 6.37. The average Bonchev–Trinajstić information content (AvgIpc) is 2.32. The summed E-state index contributed by atoms with van der Waals surface area (Å²) in [6.45, 7) is 7.36. The minimum absolute atomic E-state index is 0.326. The molecule has 0 saturated carbocycles. The minimum atomic E-state index is -0.326. The van der Waals surface area contributed by atoms with Gasteiger partial charge >= 0.3 is 0 Å². The van der Waals surface area contributed by atoms with Crippen LogP contribution < -0.4 is 5.73 Å². The van der Waals surface area contributed by atoms with Crippen LogP contribution in [-0.2, 0) is 12.1 Å². The van der Waals surface area contributed by atoms with Gasteiger partial charge in [0.25, 0.3) is 0 Å². The van der Waals surface area contributed by atoms with Crippen LogP contribution >= 0.6 is 11.6 Å². The number of rotatable bonds is 3. The van der Waals surface area contributed by atoms with Crippen LogP contribution in [0.1, 0.15) is 44.2 Å². The molecule has 0 spiro atoms. The van der Waals surface area contributed by atoms with E-state index in [9.17, 15) is 0 Å². The first-order valence-electron chi connectivity index (χ1n) is 6.77. The van der Waals surface area contributed by atoms with Crippen molar-refractivity contribution >= 4 is 11.6 Å². The molecule has 1 heterocycles. The molecule has 1 aliphatic rings. The summed E-state index contributed by atoms with van der Waals surface area (Å²) in [7, 11) is 0. The molecule has 18 heavy (non-hydrogen) atoms. The number of likely N-dealkylation sites (tertiary alicyclic amines) is 1. The van der Waals surface area contributed by atoms with E-state index in [-0.39, 0.29) is 5.54 Å². The molecule has 1 aromatic carbocycles. The van der Waals surface area contributed by atoms with Crippen molar-refractivity contribution in [2.45, 2.75) is 45.2 Å². The smallest absolute Gasteiger partial charge is 0.0454 e. The van der Waals surface area contributed by atoms with E-state index in [4.69, 9.17) is 17.3 Å². The third-order valence-electron chi connectivity index (χ3n) is 3.64. The number of halogens is 1. The van der Waals surface area contributed by atoms with Crippen molar-refractivity contribution in [3.8, 4) is 0 Å². The summed E-state index contributed by atoms with van der Waals surface area (Å²) in [5.41, 5.74) is 8.07. The third-order valence-corrected chi connectivity index (χ3v) is 3.99. The highest BCUT2D eigenvalue weighted by molar-refractivity contribution is 6.31. The summed E-state index contributed by atoms with van der Waals surface area (Å²) in [5, 5.41) is 0.844. The first-order chi connectivity index (χ1) is 8.47. The molecular formula is C15H23ClN2. The van der Waals surface area contributed by atoms with Crippen LogP contribution in [0.15, 0.2) is 18.2 Å². The molecule has 3 heteroatoms. The Bertz CT molecular complexity index is 403. The lowest BCUT2D eigenvalue weighted by Gasteiger charge is -2.27. The average molecular weight is 267 g/mol. The Hall–Kier alpha value is -0.570. The zero-order valence-corrected chi connectivity index (χ0v) is 12.1. The van der Waals surface area contributed by atoms with Crippen LogP contribution in [0.25, 0.3) is 0 Å². The van der Waals surface area contributed by atoms with E-state index >= 15 is 0 Å². The molecule has 0 aliphatic carbocycles. The number of nitrogens with zero attached hydrogens (tertiary/aromatic N) is 1. The molecule has 0 bridgehead atoms. The van der Waals surface area contributed by atoms with Crippen LogP contribution in [0.4, 0.5) is 0 Å². The van der Waals surface area contributed by atoms with Gasteiger partial charge in [-0.15, -0.1) is 0 Å². The summed E-state index contributed by atoms with van der Waals surface area (Å²) in [5.74, 6) is 0. The molecule has 1 aliphatic heterocycles. The maximum Gasteiger partial charge on any atom is 0.0454 e. The number of hydrogen-bond donors (Lipinski definition) is 1. The van der Waals surface area contributed by atoms with Crippen molar-refractivity contribution in [1.29, 1.82) is 0 Å². The molecule has 2 rings (SSSR count). The second kappa shape index (κ2) is 5.60. The molecule has 2 N–H and O–H groups in total. The Morgan fingerprint density at radius 2 is 1.89 bits per heavy atom. The van der Waals surface area contributed by atoms with Gasteiger partial charge in [-0.1, -0.05) is 30.2 Å². The van der Waals surface area contributed by atoms with Gasteiger partial charge in [-0.05, 0) is 57.0 Å². The van der Waals surface area contributed by atoms with Gasteiger partial charge in [0.15, 0.2) is 0 Å². The second-order valence-corrected chi connectivity index (χ2v) is 6.27. The van der Waals surface area contributed by atoms with Gasteiger partial charge in [0.2, 0.25) is 0 Å². The molecule has 0 aromatic heterocycles. The number of piperidine rings is 1. The molecular weight excluding hydrogens is 244 g/mol. The zero-order valence-electron chi connectivity index (χ0n) is 11.4. The maximum atomic E-state index is 6.37. The molecule has 1 saturated heterocycles. The zero-order chi connectivity index (χ0) is 13.2. The first kappa shape index (κ1) is 13.9. The van der Waals surface area contributed by atoms with E-state index < -0.39 is 0 Å². The van der Waals surface area contributed by atoms with Gasteiger partial charge in [-0.3, -0.25) is 4.90 Å². The van der Waals surface area contributed by atoms with E-state index in [2.05, 4.69) is 17.0 Å². The Kier molecular flexibility index (Phi) is 4.31. The highest BCUT2D eigenvalue weighted by Gasteiger charge is 2.17. The van der Waals surface area contributed by atoms with Gasteiger partial charge in [0.1, 0.15) is 0 Å². The van der Waals surface area contributed by atoms with Gasteiger partial charge in [-0.25, -0.2) is 0 Å². The van der Waals surface area contributed by atoms with Crippen molar-refractivity contribution in [2.75, 3.05) is 13.1 Å². The number of hydrogen-bond acceptors (Lipinski definition) is 2. The standard InChI is InChI=1S/C15H23ClN2/c1-15(2,17)13-7-6-12(14(16)10-13)11-18-8-4-3-5-9-18/h6-7,10H,3-5,8-9,11,17H2,1-2H3. The second-order valence-electron chi connectivity index (χ2n) is 5.86. The lowest BCUT2D eigenvalue weighted by Crippen LogP contribution is -2.30. The normalized spacial score (nSPS) is 18.0. The SMILES string of the molecule is CC(C)(N)c1ccc(CN2CCCCC2)c(Cl)c1. The predicted octanol–water partition coefficient (Wildman–Crippen LogP) is 3.52. The van der Waals surface area contributed by atoms with E-state index in [1.165, 1.54) is 37.9 Å². The Labute approximate surface area is 115 Å². The fourth-order valence-electron chi connectivity index (χ4n) is 2.43. The summed E-state index contributed by atoms with van der Waals surface area (Å²) >= 11 is 6.37. The molecule has 0 radical (unpaired) electrons. The van der Waals surface area contributed by atoms with Gasteiger partial charge < -0.3 is 5.73 Å². The Morgan fingerprint density at radius 3 is 2.44 bits per heavy atom. The molecule has 100 valence electrons. The van der Waals surface area contributed by atoms with Crippen LogP contribution in [0, 0.1) is 0 Å². The molecule has 0 atom stereocenters.